The van der Waals surface area contributed by atoms with Gasteiger partial charge in [-0.25, -0.2) is 17.8 Å². The highest BCUT2D eigenvalue weighted by Crippen LogP contribution is 2.30. The van der Waals surface area contributed by atoms with Crippen molar-refractivity contribution in [1.29, 1.82) is 5.26 Å². The molecule has 0 spiro atoms. The minimum atomic E-state index is -4.12. The Kier molecular flexibility index (Phi) is 6.78. The number of aliphatic hydroxyl groups excluding tert-OH is 1. The molecule has 174 valence electrons. The van der Waals surface area contributed by atoms with Gasteiger partial charge in [0.1, 0.15) is 29.3 Å². The second-order valence-electron chi connectivity index (χ2n) is 8.80. The molecule has 3 rings (SSSR count). The van der Waals surface area contributed by atoms with Crippen LogP contribution in [-0.4, -0.2) is 59.3 Å². The number of ether oxygens (including phenoxy) is 1. The zero-order chi connectivity index (χ0) is 24.4. The molecule has 8 nitrogen and oxygen atoms in total. The molecule has 1 saturated heterocycles. The van der Waals surface area contributed by atoms with Gasteiger partial charge in [0, 0.05) is 29.8 Å². The predicted molar refractivity (Wildman–Crippen MR) is 117 cm³/mol. The van der Waals surface area contributed by atoms with E-state index in [0.29, 0.717) is 5.56 Å². The molecule has 2 heterocycles. The Morgan fingerprint density at radius 3 is 2.61 bits per heavy atom. The number of aliphatic hydroxyl groups is 2. The molecule has 1 aliphatic heterocycles. The van der Waals surface area contributed by atoms with Crippen molar-refractivity contribution in [2.24, 2.45) is 5.41 Å². The third-order valence-corrected chi connectivity index (χ3v) is 6.68. The summed E-state index contributed by atoms with van der Waals surface area (Å²) in [6.07, 6.45) is 0.175. The Bertz CT molecular complexity index is 1240. The van der Waals surface area contributed by atoms with E-state index in [4.69, 9.17) is 10.00 Å². The zero-order valence-corrected chi connectivity index (χ0v) is 19.2. The molecule has 0 aliphatic carbocycles. The summed E-state index contributed by atoms with van der Waals surface area (Å²) in [6.45, 7) is 4.33. The summed E-state index contributed by atoms with van der Waals surface area (Å²) in [7, 11) is -4.12. The van der Waals surface area contributed by atoms with Gasteiger partial charge in [-0.1, -0.05) is 11.8 Å². The van der Waals surface area contributed by atoms with E-state index in [0.717, 1.165) is 10.4 Å². The van der Waals surface area contributed by atoms with E-state index in [-0.39, 0.29) is 28.3 Å². The quantitative estimate of drug-likeness (QED) is 0.633. The minimum absolute atomic E-state index is 0.0116. The maximum Gasteiger partial charge on any atom is 0.260 e. The Morgan fingerprint density at radius 1 is 1.33 bits per heavy atom. The molecule has 2 aromatic rings. The van der Waals surface area contributed by atoms with Crippen molar-refractivity contribution in [3.05, 3.63) is 53.5 Å². The molecule has 1 fully saturated rings. The fourth-order valence-electron chi connectivity index (χ4n) is 3.13. The molecule has 0 bridgehead atoms. The van der Waals surface area contributed by atoms with Gasteiger partial charge in [-0.05, 0) is 45.0 Å². The standard InChI is InChI=1S/C23H24FN3O5S/c1-22(2,3)9-8-16-4-7-21(26-12-16)33(30,31)27-13-20(23(29,14-27)15-28)32-18-6-5-17(11-25)19(24)10-18/h4-7,10,12,20,28-29H,13-15H2,1-3H3/t20?,23-/m1/s1. The fourth-order valence-corrected chi connectivity index (χ4v) is 4.55. The summed E-state index contributed by atoms with van der Waals surface area (Å²) in [4.78, 5) is 4.01. The van der Waals surface area contributed by atoms with Crippen LogP contribution < -0.4 is 4.74 Å². The van der Waals surface area contributed by atoms with Crippen molar-refractivity contribution in [2.45, 2.75) is 37.5 Å². The molecule has 1 unspecified atom stereocenters. The van der Waals surface area contributed by atoms with Crippen LogP contribution in [0.4, 0.5) is 4.39 Å². The summed E-state index contributed by atoms with van der Waals surface area (Å²) in [5.41, 5.74) is -1.77. The maximum absolute atomic E-state index is 13.9. The van der Waals surface area contributed by atoms with Gasteiger partial charge >= 0.3 is 0 Å². The smallest absolute Gasteiger partial charge is 0.260 e. The van der Waals surface area contributed by atoms with Crippen LogP contribution in [0.25, 0.3) is 0 Å². The van der Waals surface area contributed by atoms with Crippen molar-refractivity contribution in [1.82, 2.24) is 9.29 Å². The lowest BCUT2D eigenvalue weighted by Crippen LogP contribution is -2.48. The number of rotatable bonds is 5. The summed E-state index contributed by atoms with van der Waals surface area (Å²) < 4.78 is 46.6. The highest BCUT2D eigenvalue weighted by molar-refractivity contribution is 7.89. The molecule has 0 amide bonds. The van der Waals surface area contributed by atoms with E-state index < -0.39 is 40.7 Å². The molecule has 33 heavy (non-hydrogen) atoms. The van der Waals surface area contributed by atoms with Crippen molar-refractivity contribution in [3.63, 3.8) is 0 Å². The van der Waals surface area contributed by atoms with Gasteiger partial charge in [0.05, 0.1) is 18.7 Å². The molecule has 1 aliphatic rings. The molecule has 2 N–H and O–H groups in total. The van der Waals surface area contributed by atoms with Crippen LogP contribution in [0.1, 0.15) is 31.9 Å². The molecule has 0 saturated carbocycles. The molecule has 1 aromatic heterocycles. The highest BCUT2D eigenvalue weighted by Gasteiger charge is 2.51. The molecule has 1 aromatic carbocycles. The van der Waals surface area contributed by atoms with Gasteiger partial charge in [0.15, 0.2) is 5.03 Å². The summed E-state index contributed by atoms with van der Waals surface area (Å²) in [5.74, 6) is 5.15. The van der Waals surface area contributed by atoms with E-state index in [2.05, 4.69) is 16.8 Å². The van der Waals surface area contributed by atoms with Crippen LogP contribution in [0.15, 0.2) is 41.6 Å². The number of pyridine rings is 1. The number of halogens is 1. The van der Waals surface area contributed by atoms with Crippen LogP contribution in [0.2, 0.25) is 0 Å². The van der Waals surface area contributed by atoms with Crippen molar-refractivity contribution >= 4 is 10.0 Å². The van der Waals surface area contributed by atoms with E-state index in [1.54, 1.807) is 12.1 Å². The van der Waals surface area contributed by atoms with Gasteiger partial charge in [0.25, 0.3) is 10.0 Å². The van der Waals surface area contributed by atoms with Crippen molar-refractivity contribution < 1.29 is 27.8 Å². The summed E-state index contributed by atoms with van der Waals surface area (Å²) >= 11 is 0. The third kappa shape index (κ3) is 5.49. The molecule has 10 heteroatoms. The average Bonchev–Trinajstić information content (AvgIpc) is 3.10. The van der Waals surface area contributed by atoms with E-state index >= 15 is 0 Å². The number of nitrogens with zero attached hydrogens (tertiary/aromatic N) is 3. The number of sulfonamides is 1. The number of hydrogen-bond donors (Lipinski definition) is 2. The summed E-state index contributed by atoms with van der Waals surface area (Å²) in [6, 6.07) is 8.05. The Labute approximate surface area is 192 Å². The fraction of sp³-hybridized carbons (Fsp3) is 0.391. The Morgan fingerprint density at radius 2 is 2.06 bits per heavy atom. The number of benzene rings is 1. The van der Waals surface area contributed by atoms with Crippen LogP contribution >= 0.6 is 0 Å². The van der Waals surface area contributed by atoms with E-state index in [9.17, 15) is 23.0 Å². The van der Waals surface area contributed by atoms with Gasteiger partial charge in [-0.3, -0.25) is 0 Å². The van der Waals surface area contributed by atoms with E-state index in [1.165, 1.54) is 24.4 Å². The minimum Gasteiger partial charge on any atom is -0.486 e. The van der Waals surface area contributed by atoms with Crippen molar-refractivity contribution in [2.75, 3.05) is 19.7 Å². The zero-order valence-electron chi connectivity index (χ0n) is 18.4. The number of β-amino-alcohol motifs (C(OH)–C–C–N with tert-alkyl or cyclic N) is 1. The van der Waals surface area contributed by atoms with Gasteiger partial charge in [-0.15, -0.1) is 0 Å². The topological polar surface area (TPSA) is 124 Å². The third-order valence-electron chi connectivity index (χ3n) is 4.95. The molecular formula is C23H24FN3O5S. The first-order valence-electron chi connectivity index (χ1n) is 10.1. The van der Waals surface area contributed by atoms with Crippen LogP contribution in [0.5, 0.6) is 5.75 Å². The van der Waals surface area contributed by atoms with Crippen molar-refractivity contribution in [3.8, 4) is 23.7 Å². The largest absolute Gasteiger partial charge is 0.486 e. The Hall–Kier alpha value is -3.02. The second kappa shape index (κ2) is 9.08. The lowest BCUT2D eigenvalue weighted by atomic mass is 9.97. The van der Waals surface area contributed by atoms with Gasteiger partial charge in [0.2, 0.25) is 0 Å². The Balaban J connectivity index is 1.82. The maximum atomic E-state index is 13.9. The first-order valence-corrected chi connectivity index (χ1v) is 11.5. The number of nitriles is 1. The average molecular weight is 474 g/mol. The second-order valence-corrected chi connectivity index (χ2v) is 10.7. The number of aromatic nitrogens is 1. The van der Waals surface area contributed by atoms with Crippen LogP contribution in [-0.2, 0) is 10.0 Å². The first-order chi connectivity index (χ1) is 15.4. The molecule has 0 radical (unpaired) electrons. The van der Waals surface area contributed by atoms with Crippen LogP contribution in [0.3, 0.4) is 0 Å². The lowest BCUT2D eigenvalue weighted by Gasteiger charge is -2.27. The predicted octanol–water partition coefficient (Wildman–Crippen LogP) is 1.67. The van der Waals surface area contributed by atoms with Crippen LogP contribution in [0, 0.1) is 34.4 Å². The van der Waals surface area contributed by atoms with Gasteiger partial charge < -0.3 is 14.9 Å². The van der Waals surface area contributed by atoms with E-state index in [1.807, 2.05) is 20.8 Å². The monoisotopic (exact) mass is 473 g/mol. The SMILES string of the molecule is CC(C)(C)C#Cc1ccc(S(=O)(=O)N2CC(Oc3ccc(C#N)c(F)c3)[C@](O)(CO)C2)nc1. The normalized spacial score (nSPS) is 21.2. The lowest BCUT2D eigenvalue weighted by molar-refractivity contribution is -0.0641. The highest BCUT2D eigenvalue weighted by atomic mass is 32.2. The van der Waals surface area contributed by atoms with Gasteiger partial charge in [-0.2, -0.15) is 9.57 Å². The molecular weight excluding hydrogens is 449 g/mol. The molecule has 2 atom stereocenters. The number of hydrogen-bond acceptors (Lipinski definition) is 7. The summed E-state index contributed by atoms with van der Waals surface area (Å²) in [5, 5.41) is 29.1. The first kappa shape index (κ1) is 24.6.